The molecule has 0 aliphatic rings. The average molecular weight is 200 g/mol. The van der Waals surface area contributed by atoms with Crippen LogP contribution in [0.15, 0.2) is 42.7 Å². The molecule has 0 atom stereocenters. The Hall–Kier alpha value is -1.54. The van der Waals surface area contributed by atoms with Crippen LogP contribution >= 0.6 is 0 Å². The molecule has 15 heavy (non-hydrogen) atoms. The molecule has 0 saturated carbocycles. The Kier molecular flexibility index (Phi) is 3.20. The minimum atomic E-state index is 0.914. The van der Waals surface area contributed by atoms with E-state index in [0.717, 1.165) is 13.1 Å². The van der Waals surface area contributed by atoms with Crippen LogP contribution in [0.2, 0.25) is 0 Å². The van der Waals surface area contributed by atoms with Crippen LogP contribution in [0, 0.1) is 6.92 Å². The second-order valence-corrected chi connectivity index (χ2v) is 3.81. The zero-order valence-electron chi connectivity index (χ0n) is 8.96. The van der Waals surface area contributed by atoms with E-state index >= 15 is 0 Å². The summed E-state index contributed by atoms with van der Waals surface area (Å²) in [6.45, 7) is 3.96. The third-order valence-corrected chi connectivity index (χ3v) is 2.40. The number of aromatic nitrogens is 1. The van der Waals surface area contributed by atoms with E-state index in [1.807, 2.05) is 12.4 Å². The summed E-state index contributed by atoms with van der Waals surface area (Å²) in [6, 6.07) is 10.7. The fourth-order valence-corrected chi connectivity index (χ4v) is 1.64. The highest BCUT2D eigenvalue weighted by molar-refractivity contribution is 5.22. The zero-order valence-corrected chi connectivity index (χ0v) is 8.96. The van der Waals surface area contributed by atoms with Gasteiger partial charge in [0.1, 0.15) is 0 Å². The van der Waals surface area contributed by atoms with Gasteiger partial charge in [0.25, 0.3) is 0 Å². The van der Waals surface area contributed by atoms with Gasteiger partial charge >= 0.3 is 0 Å². The normalized spacial score (nSPS) is 10.5. The van der Waals surface area contributed by atoms with E-state index < -0.39 is 0 Å². The summed E-state index contributed by atoms with van der Waals surface area (Å²) in [7, 11) is 0. The number of hydrogen-bond donors (Lipinski definition) is 2. The van der Waals surface area contributed by atoms with Gasteiger partial charge in [0.05, 0.1) is 0 Å². The summed E-state index contributed by atoms with van der Waals surface area (Å²) in [4.78, 5) is 3.05. The van der Waals surface area contributed by atoms with Crippen LogP contribution in [0.5, 0.6) is 0 Å². The topological polar surface area (TPSA) is 27.8 Å². The summed E-state index contributed by atoms with van der Waals surface area (Å²) < 4.78 is 0. The van der Waals surface area contributed by atoms with Crippen molar-refractivity contribution in [3.05, 3.63) is 59.4 Å². The number of aryl methyl sites for hydroxylation is 1. The van der Waals surface area contributed by atoms with Gasteiger partial charge in [0.15, 0.2) is 0 Å². The molecule has 2 nitrogen and oxygen atoms in total. The molecule has 0 aliphatic carbocycles. The molecule has 78 valence electrons. The Balaban J connectivity index is 1.83. The highest BCUT2D eigenvalue weighted by atomic mass is 14.9. The fraction of sp³-hybridized carbons (Fsp3) is 0.231. The molecule has 2 heteroatoms. The molecule has 0 amide bonds. The van der Waals surface area contributed by atoms with Crippen molar-refractivity contribution in [2.75, 3.05) is 0 Å². The maximum absolute atomic E-state index is 3.41. The maximum Gasteiger partial charge on any atom is 0.0223 e. The Morgan fingerprint density at radius 2 is 2.00 bits per heavy atom. The predicted molar refractivity (Wildman–Crippen MR) is 62.5 cm³/mol. The predicted octanol–water partition coefficient (Wildman–Crippen LogP) is 2.61. The van der Waals surface area contributed by atoms with E-state index in [-0.39, 0.29) is 0 Å². The summed E-state index contributed by atoms with van der Waals surface area (Å²) in [5.74, 6) is 0. The van der Waals surface area contributed by atoms with Crippen molar-refractivity contribution >= 4 is 0 Å². The second-order valence-electron chi connectivity index (χ2n) is 3.81. The Labute approximate surface area is 90.3 Å². The third kappa shape index (κ3) is 2.96. The van der Waals surface area contributed by atoms with Crippen molar-refractivity contribution < 1.29 is 0 Å². The molecule has 1 aromatic carbocycles. The molecule has 0 radical (unpaired) electrons. The first kappa shape index (κ1) is 9.99. The SMILES string of the molecule is Cc1cccc(CNCc2cc[nH]c2)c1. The summed E-state index contributed by atoms with van der Waals surface area (Å²) in [5.41, 5.74) is 3.95. The monoisotopic (exact) mass is 200 g/mol. The molecule has 0 spiro atoms. The van der Waals surface area contributed by atoms with E-state index in [0.29, 0.717) is 0 Å². The van der Waals surface area contributed by atoms with Gasteiger partial charge in [-0.3, -0.25) is 0 Å². The summed E-state index contributed by atoms with van der Waals surface area (Å²) >= 11 is 0. The molecule has 1 heterocycles. The number of aromatic amines is 1. The molecule has 0 saturated heterocycles. The van der Waals surface area contributed by atoms with Crippen molar-refractivity contribution in [3.8, 4) is 0 Å². The first-order valence-electron chi connectivity index (χ1n) is 5.22. The first-order chi connectivity index (χ1) is 7.34. The molecule has 2 aromatic rings. The van der Waals surface area contributed by atoms with Crippen LogP contribution in [0.25, 0.3) is 0 Å². The van der Waals surface area contributed by atoms with Gasteiger partial charge < -0.3 is 10.3 Å². The molecule has 0 unspecified atom stereocenters. The highest BCUT2D eigenvalue weighted by Gasteiger charge is 1.94. The van der Waals surface area contributed by atoms with E-state index in [2.05, 4.69) is 47.6 Å². The second kappa shape index (κ2) is 4.80. The molecular weight excluding hydrogens is 184 g/mol. The van der Waals surface area contributed by atoms with Crippen LogP contribution in [0.4, 0.5) is 0 Å². The smallest absolute Gasteiger partial charge is 0.0223 e. The van der Waals surface area contributed by atoms with Crippen molar-refractivity contribution in [1.29, 1.82) is 0 Å². The lowest BCUT2D eigenvalue weighted by molar-refractivity contribution is 0.693. The van der Waals surface area contributed by atoms with E-state index in [1.165, 1.54) is 16.7 Å². The van der Waals surface area contributed by atoms with Crippen molar-refractivity contribution in [2.24, 2.45) is 0 Å². The Bertz CT molecular complexity index is 404. The Morgan fingerprint density at radius 1 is 1.13 bits per heavy atom. The quantitative estimate of drug-likeness (QED) is 0.780. The van der Waals surface area contributed by atoms with E-state index in [1.54, 1.807) is 0 Å². The number of nitrogens with one attached hydrogen (secondary N) is 2. The zero-order chi connectivity index (χ0) is 10.5. The number of benzene rings is 1. The molecule has 0 bridgehead atoms. The molecule has 0 fully saturated rings. The van der Waals surface area contributed by atoms with Gasteiger partial charge in [-0.15, -0.1) is 0 Å². The number of hydrogen-bond acceptors (Lipinski definition) is 1. The van der Waals surface area contributed by atoms with Crippen molar-refractivity contribution in [3.63, 3.8) is 0 Å². The lowest BCUT2D eigenvalue weighted by Gasteiger charge is -2.04. The number of H-pyrrole nitrogens is 1. The minimum Gasteiger partial charge on any atom is -0.367 e. The largest absolute Gasteiger partial charge is 0.367 e. The van der Waals surface area contributed by atoms with Gasteiger partial charge in [-0.2, -0.15) is 0 Å². The minimum absolute atomic E-state index is 0.914. The number of rotatable bonds is 4. The van der Waals surface area contributed by atoms with Crippen LogP contribution in [-0.2, 0) is 13.1 Å². The van der Waals surface area contributed by atoms with Crippen molar-refractivity contribution in [1.82, 2.24) is 10.3 Å². The van der Waals surface area contributed by atoms with Crippen LogP contribution in [-0.4, -0.2) is 4.98 Å². The molecule has 0 aliphatic heterocycles. The summed E-state index contributed by atoms with van der Waals surface area (Å²) in [5, 5.41) is 3.41. The van der Waals surface area contributed by atoms with E-state index in [9.17, 15) is 0 Å². The van der Waals surface area contributed by atoms with Crippen LogP contribution in [0.1, 0.15) is 16.7 Å². The van der Waals surface area contributed by atoms with Crippen molar-refractivity contribution in [2.45, 2.75) is 20.0 Å². The van der Waals surface area contributed by atoms with Crippen LogP contribution in [0.3, 0.4) is 0 Å². The maximum atomic E-state index is 3.41. The standard InChI is InChI=1S/C13H16N2/c1-11-3-2-4-12(7-11)8-15-10-13-5-6-14-9-13/h2-7,9,14-15H,8,10H2,1H3. The Morgan fingerprint density at radius 3 is 2.73 bits per heavy atom. The fourth-order valence-electron chi connectivity index (χ4n) is 1.64. The van der Waals surface area contributed by atoms with Crippen LogP contribution < -0.4 is 5.32 Å². The summed E-state index contributed by atoms with van der Waals surface area (Å²) in [6.07, 6.45) is 3.97. The van der Waals surface area contributed by atoms with E-state index in [4.69, 9.17) is 0 Å². The highest BCUT2D eigenvalue weighted by Crippen LogP contribution is 2.04. The molecule has 1 aromatic heterocycles. The average Bonchev–Trinajstić information content (AvgIpc) is 2.71. The molecule has 2 rings (SSSR count). The third-order valence-electron chi connectivity index (χ3n) is 2.40. The lowest BCUT2D eigenvalue weighted by atomic mass is 10.1. The first-order valence-corrected chi connectivity index (χ1v) is 5.22. The van der Waals surface area contributed by atoms with Gasteiger partial charge in [-0.1, -0.05) is 29.8 Å². The van der Waals surface area contributed by atoms with Gasteiger partial charge in [-0.05, 0) is 24.1 Å². The van der Waals surface area contributed by atoms with Gasteiger partial charge in [0, 0.05) is 25.5 Å². The van der Waals surface area contributed by atoms with Gasteiger partial charge in [0.2, 0.25) is 0 Å². The van der Waals surface area contributed by atoms with Gasteiger partial charge in [-0.25, -0.2) is 0 Å². The molecular formula is C13H16N2. The lowest BCUT2D eigenvalue weighted by Crippen LogP contribution is -2.12. The molecule has 2 N–H and O–H groups in total.